The van der Waals surface area contributed by atoms with Crippen LogP contribution in [0.2, 0.25) is 0 Å². The molecule has 3 nitrogen and oxygen atoms in total. The van der Waals surface area contributed by atoms with Crippen LogP contribution in [0, 0.1) is 0 Å². The second-order valence-electron chi connectivity index (χ2n) is 11.9. The third-order valence-corrected chi connectivity index (χ3v) is 9.56. The van der Waals surface area contributed by atoms with Gasteiger partial charge >= 0.3 is 0 Å². The lowest BCUT2D eigenvalue weighted by Crippen LogP contribution is -2.00. The van der Waals surface area contributed by atoms with Crippen molar-refractivity contribution in [3.8, 4) is 33.8 Å². The summed E-state index contributed by atoms with van der Waals surface area (Å²) in [5.74, 6) is 0.630. The van der Waals surface area contributed by atoms with Gasteiger partial charge in [0.2, 0.25) is 0 Å². The molecule has 6 rings (SSSR count). The predicted octanol–water partition coefficient (Wildman–Crippen LogP) is 13.1. The second kappa shape index (κ2) is 16.0. The van der Waals surface area contributed by atoms with E-state index in [1.807, 2.05) is 92.7 Å². The fourth-order valence-corrected chi connectivity index (χ4v) is 6.96. The quantitative estimate of drug-likeness (QED) is 0.0955. The van der Waals surface area contributed by atoms with Crippen molar-refractivity contribution in [3.05, 3.63) is 199 Å². The average molecular weight is 678 g/mol. The molecule has 0 unspecified atom stereocenters. The van der Waals surface area contributed by atoms with E-state index in [2.05, 4.69) is 93.1 Å². The number of rotatable bonds is 12. The number of benzene rings is 4. The van der Waals surface area contributed by atoms with Gasteiger partial charge < -0.3 is 0 Å². The van der Waals surface area contributed by atoms with Gasteiger partial charge in [0.05, 0.1) is 17.1 Å². The Balaban J connectivity index is 1.58. The van der Waals surface area contributed by atoms with E-state index >= 15 is 0 Å². The number of allylic oxidation sites excluding steroid dienone is 7. The molecule has 51 heavy (non-hydrogen) atoms. The van der Waals surface area contributed by atoms with E-state index in [1.165, 1.54) is 0 Å². The highest BCUT2D eigenvalue weighted by Crippen LogP contribution is 2.40. The molecule has 4 aromatic carbocycles. The van der Waals surface area contributed by atoms with E-state index in [4.69, 9.17) is 15.0 Å². The van der Waals surface area contributed by atoms with Crippen LogP contribution in [-0.2, 0) is 0 Å². The Bertz CT molecular complexity index is 2370. The van der Waals surface area contributed by atoms with Crippen molar-refractivity contribution in [2.45, 2.75) is 13.8 Å². The first-order chi connectivity index (χ1) is 24.9. The van der Waals surface area contributed by atoms with E-state index in [1.54, 1.807) is 17.4 Å². The van der Waals surface area contributed by atoms with Gasteiger partial charge in [0, 0.05) is 38.1 Å². The van der Waals surface area contributed by atoms with Crippen molar-refractivity contribution in [1.29, 1.82) is 0 Å². The van der Waals surface area contributed by atoms with Gasteiger partial charge in [-0.2, -0.15) is 0 Å². The maximum atomic E-state index is 5.29. The van der Waals surface area contributed by atoms with Crippen molar-refractivity contribution in [2.75, 3.05) is 0 Å². The first-order valence-electron chi connectivity index (χ1n) is 16.8. The molecule has 6 aromatic rings. The number of nitrogens with zero attached hydrogens (tertiary/aromatic N) is 3. The van der Waals surface area contributed by atoms with Gasteiger partial charge in [-0.05, 0) is 60.4 Å². The first kappa shape index (κ1) is 34.6. The van der Waals surface area contributed by atoms with Gasteiger partial charge in [0.1, 0.15) is 4.83 Å². The fourth-order valence-electron chi connectivity index (χ4n) is 5.95. The van der Waals surface area contributed by atoms with Crippen LogP contribution >= 0.6 is 11.3 Å². The van der Waals surface area contributed by atoms with E-state index in [0.29, 0.717) is 11.5 Å². The molecule has 0 bridgehead atoms. The van der Waals surface area contributed by atoms with Crippen LogP contribution in [0.15, 0.2) is 182 Å². The molecule has 2 aromatic heterocycles. The van der Waals surface area contributed by atoms with Gasteiger partial charge in [-0.15, -0.1) is 11.3 Å². The molecular formula is C47H39N3S. The summed E-state index contributed by atoms with van der Waals surface area (Å²) in [6.45, 7) is 20.5. The number of hydrogen-bond donors (Lipinski definition) is 0. The summed E-state index contributed by atoms with van der Waals surface area (Å²) in [6.07, 6.45) is 13.7. The monoisotopic (exact) mass is 677 g/mol. The Kier molecular flexibility index (Phi) is 10.9. The molecule has 0 aliphatic rings. The molecule has 0 N–H and O–H groups in total. The van der Waals surface area contributed by atoms with Crippen LogP contribution in [0.25, 0.3) is 61.8 Å². The first-order valence-corrected chi connectivity index (χ1v) is 17.6. The van der Waals surface area contributed by atoms with Crippen LogP contribution in [0.3, 0.4) is 0 Å². The smallest absolute Gasteiger partial charge is 0.161 e. The minimum Gasteiger partial charge on any atom is -0.248 e. The summed E-state index contributed by atoms with van der Waals surface area (Å²) in [6, 6.07) is 37.2. The Morgan fingerprint density at radius 3 is 2.02 bits per heavy atom. The Morgan fingerprint density at radius 1 is 0.745 bits per heavy atom. The summed E-state index contributed by atoms with van der Waals surface area (Å²) in [7, 11) is 0. The highest BCUT2D eigenvalue weighted by Gasteiger charge is 2.19. The number of fused-ring (bicyclic) bond motifs is 1. The summed E-state index contributed by atoms with van der Waals surface area (Å²) in [5.41, 5.74) is 11.2. The van der Waals surface area contributed by atoms with Crippen LogP contribution < -0.4 is 0 Å². The third-order valence-electron chi connectivity index (χ3n) is 8.47. The molecule has 0 spiro atoms. The number of hydrogen-bond acceptors (Lipinski definition) is 4. The highest BCUT2D eigenvalue weighted by molar-refractivity contribution is 7.19. The molecule has 0 fully saturated rings. The molecule has 4 heteroatoms. The largest absolute Gasteiger partial charge is 0.248 e. The zero-order valence-electron chi connectivity index (χ0n) is 29.0. The number of aromatic nitrogens is 2. The van der Waals surface area contributed by atoms with E-state index in [-0.39, 0.29) is 0 Å². The lowest BCUT2D eigenvalue weighted by Gasteiger charge is -2.13. The van der Waals surface area contributed by atoms with Gasteiger partial charge in [0.25, 0.3) is 0 Å². The Labute approximate surface area is 305 Å². The van der Waals surface area contributed by atoms with E-state index < -0.39 is 0 Å². The minimum absolute atomic E-state index is 0.620. The fraction of sp³-hybridized carbons (Fsp3) is 0.0426. The summed E-state index contributed by atoms with van der Waals surface area (Å²) in [5, 5.41) is 1.02. The van der Waals surface area contributed by atoms with Crippen molar-refractivity contribution < 1.29 is 0 Å². The van der Waals surface area contributed by atoms with Crippen LogP contribution in [0.5, 0.6) is 0 Å². The number of thiophene rings is 1. The van der Waals surface area contributed by atoms with Crippen LogP contribution in [0.4, 0.5) is 0 Å². The molecular weight excluding hydrogens is 639 g/mol. The summed E-state index contributed by atoms with van der Waals surface area (Å²) < 4.78 is 0. The Morgan fingerprint density at radius 2 is 1.39 bits per heavy atom. The van der Waals surface area contributed by atoms with Gasteiger partial charge in [0.15, 0.2) is 5.82 Å². The maximum absolute atomic E-state index is 5.29. The maximum Gasteiger partial charge on any atom is 0.161 e. The lowest BCUT2D eigenvalue weighted by atomic mass is 9.97. The number of aliphatic imine (C=N–C) groups is 1. The molecule has 248 valence electrons. The summed E-state index contributed by atoms with van der Waals surface area (Å²) >= 11 is 1.63. The van der Waals surface area contributed by atoms with Crippen LogP contribution in [0.1, 0.15) is 35.4 Å². The van der Waals surface area contributed by atoms with Gasteiger partial charge in [-0.25, -0.2) is 15.0 Å². The van der Waals surface area contributed by atoms with E-state index in [9.17, 15) is 0 Å². The van der Waals surface area contributed by atoms with Crippen molar-refractivity contribution in [1.82, 2.24) is 9.97 Å². The molecule has 2 heterocycles. The lowest BCUT2D eigenvalue weighted by molar-refractivity contribution is 1.24. The molecule has 0 aliphatic carbocycles. The van der Waals surface area contributed by atoms with Crippen molar-refractivity contribution >= 4 is 45.1 Å². The molecule has 0 saturated carbocycles. The predicted molar refractivity (Wildman–Crippen MR) is 223 cm³/mol. The van der Waals surface area contributed by atoms with Gasteiger partial charge in [-0.3, -0.25) is 0 Å². The van der Waals surface area contributed by atoms with E-state index in [0.717, 1.165) is 76.6 Å². The molecule has 0 atom stereocenters. The average Bonchev–Trinajstić information content (AvgIpc) is 3.54. The van der Waals surface area contributed by atoms with Crippen molar-refractivity contribution in [2.24, 2.45) is 4.99 Å². The summed E-state index contributed by atoms with van der Waals surface area (Å²) in [4.78, 5) is 17.6. The zero-order valence-corrected chi connectivity index (χ0v) is 29.8. The zero-order chi connectivity index (χ0) is 35.7. The standard InChI is InChI=1S/C47H39N3S/c1-7-20-34(9-3)32(5)28-42(36-24-16-12-17-25-36)48-33(6)38-29-39(35-22-14-11-15-23-35)31-40(30-38)46-49-45(37-26-18-13-19-27-37)44-41(21-8-2)43(10-4)51-47(44)50-46/h7-31H,1,3-4,6H2,2,5H3/b21-8-,32-28+,34-20+,48-42?. The topological polar surface area (TPSA) is 38.1 Å². The SMILES string of the molecule is C=C/C=C(C=C)/C(C)=C/C(=NC(=C)c1cc(-c2ccccc2)cc(-c2nc(-c3ccccc3)c3c(/C=C\C)c(C=C)sc3n2)c1)c1ccccc1. The molecule has 0 amide bonds. The molecule has 0 radical (unpaired) electrons. The van der Waals surface area contributed by atoms with Gasteiger partial charge in [-0.1, -0.05) is 154 Å². The molecule has 0 aliphatic heterocycles. The minimum atomic E-state index is 0.620. The second-order valence-corrected chi connectivity index (χ2v) is 12.9. The third kappa shape index (κ3) is 7.67. The highest BCUT2D eigenvalue weighted by atomic mass is 32.1. The Hall–Kier alpha value is -6.23. The van der Waals surface area contributed by atoms with Crippen molar-refractivity contribution in [3.63, 3.8) is 0 Å². The van der Waals surface area contributed by atoms with Crippen LogP contribution in [-0.4, -0.2) is 15.7 Å². The molecule has 0 saturated heterocycles. The normalized spacial score (nSPS) is 12.3.